The highest BCUT2D eigenvalue weighted by molar-refractivity contribution is 5.83. The van der Waals surface area contributed by atoms with Crippen molar-refractivity contribution in [1.29, 1.82) is 0 Å². The lowest BCUT2D eigenvalue weighted by atomic mass is 9.74. The summed E-state index contributed by atoms with van der Waals surface area (Å²) < 4.78 is 36.4. The van der Waals surface area contributed by atoms with Crippen LogP contribution in [-0.2, 0) is 38.0 Å². The Bertz CT molecular complexity index is 1180. The maximum absolute atomic E-state index is 14.0. The number of esters is 1. The number of methoxy groups -OCH3 is 1. The fourth-order valence-electron chi connectivity index (χ4n) is 7.90. The zero-order valence-corrected chi connectivity index (χ0v) is 31.8. The molecule has 0 spiro atoms. The standard InChI is InChI=1S/C36H63NO13/c1-13-24-36(9,44)29(40)19(3)26(38)18(2)16-34(7,43)31(50-33-27(39)23(37(10)11)14-15-46-33)20(4)28(21(5)32(42)48-24)49-25-17-35(8,45-12)30(41)22(6)47-25/h14-15,18-25,27-31,33,39-41,43-44H,13,16-17H2,1-12H3/t18-,19+,20+,21-,22?,23?,24-,25+,27?,28+,29-,30+,31-,33+,34?,35?,36-/m1/s1. The highest BCUT2D eigenvalue weighted by atomic mass is 16.7. The minimum atomic E-state index is -2.00. The normalized spacial score (nSPS) is 48.5. The van der Waals surface area contributed by atoms with Gasteiger partial charge in [-0.2, -0.15) is 0 Å². The van der Waals surface area contributed by atoms with Gasteiger partial charge < -0.3 is 58.9 Å². The molecule has 0 aliphatic carbocycles. The molecule has 2 saturated heterocycles. The van der Waals surface area contributed by atoms with Crippen LogP contribution in [0.2, 0.25) is 0 Å². The van der Waals surface area contributed by atoms with Gasteiger partial charge in [0.25, 0.3) is 0 Å². The number of hydrogen-bond donors (Lipinski definition) is 5. The third-order valence-electron chi connectivity index (χ3n) is 11.3. The first-order chi connectivity index (χ1) is 23.0. The third-order valence-corrected chi connectivity index (χ3v) is 11.3. The Morgan fingerprint density at radius 1 is 0.940 bits per heavy atom. The molecule has 290 valence electrons. The van der Waals surface area contributed by atoms with E-state index in [1.54, 1.807) is 66.6 Å². The summed E-state index contributed by atoms with van der Waals surface area (Å²) in [6.07, 6.45) is -7.06. The second-order valence-electron chi connectivity index (χ2n) is 15.7. The van der Waals surface area contributed by atoms with Crippen molar-refractivity contribution in [2.75, 3.05) is 21.2 Å². The third kappa shape index (κ3) is 8.90. The van der Waals surface area contributed by atoms with E-state index >= 15 is 0 Å². The van der Waals surface area contributed by atoms with E-state index in [0.29, 0.717) is 0 Å². The van der Waals surface area contributed by atoms with E-state index in [-0.39, 0.29) is 19.3 Å². The smallest absolute Gasteiger partial charge is 0.311 e. The van der Waals surface area contributed by atoms with Gasteiger partial charge in [-0.15, -0.1) is 0 Å². The SMILES string of the molecule is CC[C@H]1OC(=O)[C@H](C)[C@@H](O[C@H]2CC(C)(OC)[C@@H](O)C(C)O2)[C@H](C)[C@@H](O[C@@H]2OC=CC(N(C)C)C2O)C(C)(O)C[C@@H](C)C(=O)[C@H](C)[C@@H](O)[C@]1(C)O. The highest BCUT2D eigenvalue weighted by Crippen LogP contribution is 2.40. The average Bonchev–Trinajstić information content (AvgIpc) is 3.05. The van der Waals surface area contributed by atoms with Crippen molar-refractivity contribution >= 4 is 11.8 Å². The Morgan fingerprint density at radius 3 is 2.12 bits per heavy atom. The van der Waals surface area contributed by atoms with Crippen LogP contribution in [0.15, 0.2) is 12.3 Å². The van der Waals surface area contributed by atoms with Gasteiger partial charge in [-0.05, 0) is 67.6 Å². The Hall–Kier alpha value is -1.72. The summed E-state index contributed by atoms with van der Waals surface area (Å²) in [5, 5.41) is 57.3. The van der Waals surface area contributed by atoms with Gasteiger partial charge in [0, 0.05) is 31.3 Å². The maximum atomic E-state index is 14.0. The monoisotopic (exact) mass is 717 g/mol. The molecule has 5 N–H and O–H groups in total. The molecule has 0 bridgehead atoms. The maximum Gasteiger partial charge on any atom is 0.311 e. The van der Waals surface area contributed by atoms with Crippen LogP contribution in [0.5, 0.6) is 0 Å². The molecule has 0 aromatic carbocycles. The molecule has 0 amide bonds. The largest absolute Gasteiger partial charge is 0.470 e. The first-order valence-corrected chi connectivity index (χ1v) is 17.8. The number of aliphatic hydroxyl groups excluding tert-OH is 3. The molecule has 2 fully saturated rings. The van der Waals surface area contributed by atoms with Crippen molar-refractivity contribution in [2.24, 2.45) is 23.7 Å². The van der Waals surface area contributed by atoms with Crippen LogP contribution in [0.25, 0.3) is 0 Å². The topological polar surface area (TPSA) is 194 Å². The number of rotatable bonds is 7. The van der Waals surface area contributed by atoms with E-state index in [0.717, 1.165) is 0 Å². The Morgan fingerprint density at radius 2 is 1.56 bits per heavy atom. The van der Waals surface area contributed by atoms with Gasteiger partial charge in [0.05, 0.1) is 53.8 Å². The zero-order valence-electron chi connectivity index (χ0n) is 31.8. The molecule has 14 heteroatoms. The molecule has 14 nitrogen and oxygen atoms in total. The quantitative estimate of drug-likeness (QED) is 0.238. The van der Waals surface area contributed by atoms with Gasteiger partial charge in [0.1, 0.15) is 29.7 Å². The summed E-state index contributed by atoms with van der Waals surface area (Å²) in [4.78, 5) is 29.6. The van der Waals surface area contributed by atoms with E-state index in [9.17, 15) is 35.1 Å². The molecular formula is C36H63NO13. The van der Waals surface area contributed by atoms with Gasteiger partial charge in [0.2, 0.25) is 6.29 Å². The molecule has 3 rings (SSSR count). The number of hydrogen-bond acceptors (Lipinski definition) is 14. The number of likely N-dealkylation sites (N-methyl/N-ethyl adjacent to an activating group) is 1. The van der Waals surface area contributed by atoms with Gasteiger partial charge in [0.15, 0.2) is 6.29 Å². The van der Waals surface area contributed by atoms with Gasteiger partial charge in [-0.25, -0.2) is 0 Å². The molecule has 0 saturated carbocycles. The second-order valence-corrected chi connectivity index (χ2v) is 15.7. The van der Waals surface area contributed by atoms with E-state index in [4.69, 9.17) is 28.4 Å². The summed E-state index contributed by atoms with van der Waals surface area (Å²) in [5.41, 5.74) is -4.86. The van der Waals surface area contributed by atoms with Crippen molar-refractivity contribution in [3.8, 4) is 0 Å². The van der Waals surface area contributed by atoms with Crippen molar-refractivity contribution in [3.63, 3.8) is 0 Å². The number of aliphatic hydroxyl groups is 5. The molecule has 3 heterocycles. The zero-order chi connectivity index (χ0) is 38.1. The van der Waals surface area contributed by atoms with Gasteiger partial charge >= 0.3 is 5.97 Å². The van der Waals surface area contributed by atoms with Crippen LogP contribution < -0.4 is 0 Å². The summed E-state index contributed by atoms with van der Waals surface area (Å²) in [7, 11) is 5.05. The number of cyclic esters (lactones) is 1. The van der Waals surface area contributed by atoms with Crippen LogP contribution in [0.3, 0.4) is 0 Å². The van der Waals surface area contributed by atoms with Crippen LogP contribution in [-0.4, -0.2) is 142 Å². The van der Waals surface area contributed by atoms with E-state index in [1.807, 2.05) is 0 Å². The molecule has 3 aliphatic heterocycles. The lowest BCUT2D eigenvalue weighted by Crippen LogP contribution is -2.60. The second kappa shape index (κ2) is 16.5. The summed E-state index contributed by atoms with van der Waals surface area (Å²) >= 11 is 0. The predicted octanol–water partition coefficient (Wildman–Crippen LogP) is 1.52. The number of ketones is 1. The number of ether oxygens (including phenoxy) is 6. The number of carbonyl (C=O) groups is 2. The molecule has 50 heavy (non-hydrogen) atoms. The van der Waals surface area contributed by atoms with Crippen molar-refractivity contribution < 1.29 is 63.5 Å². The number of nitrogens with zero attached hydrogens (tertiary/aromatic N) is 1. The molecular weight excluding hydrogens is 654 g/mol. The van der Waals surface area contributed by atoms with Gasteiger partial charge in [-0.1, -0.05) is 27.7 Å². The molecule has 0 radical (unpaired) electrons. The minimum Gasteiger partial charge on any atom is -0.470 e. The Labute approximate surface area is 297 Å². The van der Waals surface area contributed by atoms with Crippen LogP contribution >= 0.6 is 0 Å². The Balaban J connectivity index is 2.17. The van der Waals surface area contributed by atoms with Crippen LogP contribution in [0.4, 0.5) is 0 Å². The first-order valence-electron chi connectivity index (χ1n) is 17.8. The van der Waals surface area contributed by atoms with Crippen LogP contribution in [0.1, 0.15) is 81.6 Å². The minimum absolute atomic E-state index is 0.0869. The number of carbonyl (C=O) groups excluding carboxylic acids is 2. The Kier molecular flexibility index (Phi) is 14.1. The predicted molar refractivity (Wildman–Crippen MR) is 181 cm³/mol. The van der Waals surface area contributed by atoms with Gasteiger partial charge in [-0.3, -0.25) is 9.59 Å². The van der Waals surface area contributed by atoms with Crippen molar-refractivity contribution in [1.82, 2.24) is 4.90 Å². The fraction of sp³-hybridized carbons (Fsp3) is 0.889. The summed E-state index contributed by atoms with van der Waals surface area (Å²) in [5.74, 6) is -5.03. The summed E-state index contributed by atoms with van der Waals surface area (Å²) in [6.45, 7) is 14.4. The summed E-state index contributed by atoms with van der Waals surface area (Å²) in [6, 6.07) is -0.481. The van der Waals surface area contributed by atoms with Crippen molar-refractivity contribution in [2.45, 2.75) is 160 Å². The highest BCUT2D eigenvalue weighted by Gasteiger charge is 2.53. The molecule has 0 aromatic rings. The van der Waals surface area contributed by atoms with Crippen molar-refractivity contribution in [3.05, 3.63) is 12.3 Å². The van der Waals surface area contributed by atoms with Crippen LogP contribution in [0, 0.1) is 23.7 Å². The molecule has 3 aliphatic rings. The number of Topliss-reactive ketones (excluding diaryl/α,β-unsaturated/α-hetero) is 1. The lowest BCUT2D eigenvalue weighted by Gasteiger charge is -2.48. The molecule has 5 unspecified atom stereocenters. The first kappa shape index (κ1) is 42.7. The lowest BCUT2D eigenvalue weighted by molar-refractivity contribution is -0.307. The fourth-order valence-corrected chi connectivity index (χ4v) is 7.90. The molecule has 17 atom stereocenters. The molecule has 0 aromatic heterocycles. The van der Waals surface area contributed by atoms with E-state index < -0.39 is 114 Å². The average molecular weight is 718 g/mol. The van der Waals surface area contributed by atoms with E-state index in [1.165, 1.54) is 34.1 Å². The van der Waals surface area contributed by atoms with E-state index in [2.05, 4.69) is 0 Å².